The summed E-state index contributed by atoms with van der Waals surface area (Å²) in [5.74, 6) is -0.0828. The number of hydrogen-bond donors (Lipinski definition) is 1. The van der Waals surface area contributed by atoms with Gasteiger partial charge < -0.3 is 10.2 Å². The van der Waals surface area contributed by atoms with E-state index < -0.39 is 0 Å². The summed E-state index contributed by atoms with van der Waals surface area (Å²) in [4.78, 5) is 18.1. The Balaban J connectivity index is 1.66. The first-order valence-corrected chi connectivity index (χ1v) is 6.75. The van der Waals surface area contributed by atoms with Crippen molar-refractivity contribution in [2.45, 2.75) is 19.3 Å². The molecule has 5 heteroatoms. The molecule has 0 saturated carbocycles. The fraction of sp³-hybridized carbons (Fsp3) is 0.538. The van der Waals surface area contributed by atoms with Gasteiger partial charge in [-0.25, -0.2) is 4.98 Å². The molecule has 0 atom stereocenters. The van der Waals surface area contributed by atoms with Crippen molar-refractivity contribution in [2.24, 2.45) is 0 Å². The quantitative estimate of drug-likeness (QED) is 0.655. The molecule has 1 aliphatic heterocycles. The lowest BCUT2D eigenvalue weighted by Crippen LogP contribution is -2.28. The standard InChI is InChI=1S/C13H18ClN3O/c14-12-5-4-11(10-16-12)13(18)15-6-3-9-17-7-1-2-8-17/h4-5,10H,1-3,6-9H2,(H,15,18). The molecule has 1 saturated heterocycles. The Hall–Kier alpha value is -1.13. The van der Waals surface area contributed by atoms with Crippen LogP contribution >= 0.6 is 11.6 Å². The number of carbonyl (C=O) groups is 1. The van der Waals surface area contributed by atoms with Gasteiger partial charge in [0, 0.05) is 12.7 Å². The van der Waals surface area contributed by atoms with Gasteiger partial charge in [0.05, 0.1) is 5.56 Å². The Morgan fingerprint density at radius 2 is 2.17 bits per heavy atom. The fourth-order valence-corrected chi connectivity index (χ4v) is 2.23. The van der Waals surface area contributed by atoms with E-state index in [-0.39, 0.29) is 5.91 Å². The van der Waals surface area contributed by atoms with Gasteiger partial charge in [-0.2, -0.15) is 0 Å². The Morgan fingerprint density at radius 3 is 2.83 bits per heavy atom. The van der Waals surface area contributed by atoms with Crippen molar-refractivity contribution in [2.75, 3.05) is 26.2 Å². The van der Waals surface area contributed by atoms with Crippen LogP contribution in [0.1, 0.15) is 29.6 Å². The molecule has 0 aliphatic carbocycles. The molecule has 0 unspecified atom stereocenters. The summed E-state index contributed by atoms with van der Waals surface area (Å²) in [6, 6.07) is 3.31. The Morgan fingerprint density at radius 1 is 1.39 bits per heavy atom. The van der Waals surface area contributed by atoms with E-state index in [1.54, 1.807) is 12.1 Å². The lowest BCUT2D eigenvalue weighted by atomic mass is 10.2. The van der Waals surface area contributed by atoms with Gasteiger partial charge in [0.1, 0.15) is 5.15 Å². The average molecular weight is 268 g/mol. The predicted octanol–water partition coefficient (Wildman–Crippen LogP) is 1.95. The summed E-state index contributed by atoms with van der Waals surface area (Å²) in [7, 11) is 0. The van der Waals surface area contributed by atoms with Crippen molar-refractivity contribution in [1.82, 2.24) is 15.2 Å². The van der Waals surface area contributed by atoms with Crippen LogP contribution in [-0.4, -0.2) is 42.0 Å². The predicted molar refractivity (Wildman–Crippen MR) is 71.9 cm³/mol. The molecule has 18 heavy (non-hydrogen) atoms. The van der Waals surface area contributed by atoms with Gasteiger partial charge in [-0.05, 0) is 51.0 Å². The van der Waals surface area contributed by atoms with Crippen molar-refractivity contribution in [3.63, 3.8) is 0 Å². The van der Waals surface area contributed by atoms with Crippen LogP contribution in [0.2, 0.25) is 5.15 Å². The Kier molecular flexibility index (Phi) is 4.96. The first kappa shape index (κ1) is 13.3. The molecule has 1 fully saturated rings. The number of carbonyl (C=O) groups excluding carboxylic acids is 1. The number of nitrogens with one attached hydrogen (secondary N) is 1. The third-order valence-corrected chi connectivity index (χ3v) is 3.35. The van der Waals surface area contributed by atoms with E-state index in [1.165, 1.54) is 32.1 Å². The van der Waals surface area contributed by atoms with Gasteiger partial charge in [0.15, 0.2) is 0 Å². The highest BCUT2D eigenvalue weighted by Crippen LogP contribution is 2.07. The molecule has 4 nitrogen and oxygen atoms in total. The van der Waals surface area contributed by atoms with Crippen LogP contribution in [0.3, 0.4) is 0 Å². The zero-order valence-corrected chi connectivity index (χ0v) is 11.1. The zero-order valence-electron chi connectivity index (χ0n) is 10.4. The molecule has 1 aromatic heterocycles. The SMILES string of the molecule is O=C(NCCCN1CCCC1)c1ccc(Cl)nc1. The van der Waals surface area contributed by atoms with Crippen molar-refractivity contribution in [1.29, 1.82) is 0 Å². The highest BCUT2D eigenvalue weighted by atomic mass is 35.5. The van der Waals surface area contributed by atoms with Gasteiger partial charge in [0.2, 0.25) is 0 Å². The van der Waals surface area contributed by atoms with Crippen molar-refractivity contribution in [3.8, 4) is 0 Å². The third-order valence-electron chi connectivity index (χ3n) is 3.12. The van der Waals surface area contributed by atoms with Gasteiger partial charge in [-0.3, -0.25) is 4.79 Å². The molecule has 1 aromatic rings. The number of nitrogens with zero attached hydrogens (tertiary/aromatic N) is 2. The molecule has 1 aliphatic rings. The van der Waals surface area contributed by atoms with Gasteiger partial charge >= 0.3 is 0 Å². The lowest BCUT2D eigenvalue weighted by molar-refractivity contribution is 0.0951. The maximum Gasteiger partial charge on any atom is 0.252 e. The van der Waals surface area contributed by atoms with Crippen LogP contribution in [0.25, 0.3) is 0 Å². The summed E-state index contributed by atoms with van der Waals surface area (Å²) in [6.07, 6.45) is 5.11. The highest BCUT2D eigenvalue weighted by Gasteiger charge is 2.10. The van der Waals surface area contributed by atoms with E-state index in [4.69, 9.17) is 11.6 Å². The number of rotatable bonds is 5. The number of halogens is 1. The topological polar surface area (TPSA) is 45.2 Å². The number of aromatic nitrogens is 1. The maximum absolute atomic E-state index is 11.7. The molecule has 0 bridgehead atoms. The van der Waals surface area contributed by atoms with E-state index >= 15 is 0 Å². The summed E-state index contributed by atoms with van der Waals surface area (Å²) in [6.45, 7) is 4.18. The molecule has 2 rings (SSSR count). The first-order valence-electron chi connectivity index (χ1n) is 6.38. The smallest absolute Gasteiger partial charge is 0.252 e. The normalized spacial score (nSPS) is 15.8. The van der Waals surface area contributed by atoms with Crippen LogP contribution in [0.15, 0.2) is 18.3 Å². The number of likely N-dealkylation sites (tertiary alicyclic amines) is 1. The van der Waals surface area contributed by atoms with Crippen LogP contribution in [0.4, 0.5) is 0 Å². The maximum atomic E-state index is 11.7. The Labute approximate surface area is 112 Å². The molecular formula is C13H18ClN3O. The van der Waals surface area contributed by atoms with E-state index in [9.17, 15) is 4.79 Å². The van der Waals surface area contributed by atoms with Crippen molar-refractivity contribution in [3.05, 3.63) is 29.0 Å². The highest BCUT2D eigenvalue weighted by molar-refractivity contribution is 6.29. The second-order valence-electron chi connectivity index (χ2n) is 4.53. The monoisotopic (exact) mass is 267 g/mol. The summed E-state index contributed by atoms with van der Waals surface area (Å²) in [5.41, 5.74) is 0.556. The van der Waals surface area contributed by atoms with Crippen molar-refractivity contribution < 1.29 is 4.79 Å². The lowest BCUT2D eigenvalue weighted by Gasteiger charge is -2.14. The molecule has 1 amide bonds. The van der Waals surface area contributed by atoms with Crippen LogP contribution < -0.4 is 5.32 Å². The second-order valence-corrected chi connectivity index (χ2v) is 4.92. The first-order chi connectivity index (χ1) is 8.75. The van der Waals surface area contributed by atoms with Crippen molar-refractivity contribution >= 4 is 17.5 Å². The third kappa shape index (κ3) is 3.96. The number of pyridine rings is 1. The minimum atomic E-state index is -0.0828. The zero-order chi connectivity index (χ0) is 12.8. The molecule has 0 aromatic carbocycles. The number of hydrogen-bond acceptors (Lipinski definition) is 3. The van der Waals surface area contributed by atoms with E-state index in [0.29, 0.717) is 17.3 Å². The van der Waals surface area contributed by atoms with E-state index in [1.807, 2.05) is 0 Å². The number of amides is 1. The van der Waals surface area contributed by atoms with Gasteiger partial charge in [-0.1, -0.05) is 11.6 Å². The van der Waals surface area contributed by atoms with E-state index in [2.05, 4.69) is 15.2 Å². The fourth-order valence-electron chi connectivity index (χ4n) is 2.12. The molecule has 98 valence electrons. The minimum absolute atomic E-state index is 0.0828. The summed E-state index contributed by atoms with van der Waals surface area (Å²) >= 11 is 5.67. The van der Waals surface area contributed by atoms with Crippen LogP contribution in [0.5, 0.6) is 0 Å². The van der Waals surface area contributed by atoms with E-state index in [0.717, 1.165) is 13.0 Å². The molecule has 0 radical (unpaired) electrons. The van der Waals surface area contributed by atoms with Crippen LogP contribution in [-0.2, 0) is 0 Å². The summed E-state index contributed by atoms with van der Waals surface area (Å²) in [5, 5.41) is 3.30. The van der Waals surface area contributed by atoms with Gasteiger partial charge in [0.25, 0.3) is 5.91 Å². The molecular weight excluding hydrogens is 250 g/mol. The summed E-state index contributed by atoms with van der Waals surface area (Å²) < 4.78 is 0. The minimum Gasteiger partial charge on any atom is -0.352 e. The Bertz CT molecular complexity index is 388. The average Bonchev–Trinajstić information content (AvgIpc) is 2.88. The van der Waals surface area contributed by atoms with Gasteiger partial charge in [-0.15, -0.1) is 0 Å². The molecule has 0 spiro atoms. The molecule has 1 N–H and O–H groups in total. The van der Waals surface area contributed by atoms with Crippen LogP contribution in [0, 0.1) is 0 Å². The molecule has 2 heterocycles. The second kappa shape index (κ2) is 6.71. The largest absolute Gasteiger partial charge is 0.352 e.